The van der Waals surface area contributed by atoms with E-state index < -0.39 is 0 Å². The number of rotatable bonds is 4. The van der Waals surface area contributed by atoms with Gasteiger partial charge in [0.2, 0.25) is 0 Å². The average molecular weight is 213 g/mol. The lowest BCUT2D eigenvalue weighted by Crippen LogP contribution is -2.24. The molecule has 0 saturated carbocycles. The van der Waals surface area contributed by atoms with Gasteiger partial charge < -0.3 is 5.32 Å². The summed E-state index contributed by atoms with van der Waals surface area (Å²) in [4.78, 5) is 15.3. The summed E-state index contributed by atoms with van der Waals surface area (Å²) in [5.41, 5.74) is 0.547. The van der Waals surface area contributed by atoms with E-state index >= 15 is 0 Å². The van der Waals surface area contributed by atoms with Crippen molar-refractivity contribution >= 4 is 17.5 Å². The molecule has 1 rings (SSSR count). The first kappa shape index (κ1) is 11.0. The molecule has 0 spiro atoms. The lowest BCUT2D eigenvalue weighted by molar-refractivity contribution is 0.0953. The Labute approximate surface area is 88.5 Å². The number of hydrogen-bond acceptors (Lipinski definition) is 2. The molecule has 0 fully saturated rings. The highest BCUT2D eigenvalue weighted by Gasteiger charge is 2.03. The lowest BCUT2D eigenvalue weighted by Gasteiger charge is -2.03. The summed E-state index contributed by atoms with van der Waals surface area (Å²) < 4.78 is 0. The minimum absolute atomic E-state index is 0.0948. The Morgan fingerprint density at radius 3 is 2.93 bits per heavy atom. The minimum Gasteiger partial charge on any atom is -0.352 e. The summed E-state index contributed by atoms with van der Waals surface area (Å²) in [7, 11) is 0. The third kappa shape index (κ3) is 3.34. The van der Waals surface area contributed by atoms with Gasteiger partial charge in [0.1, 0.15) is 5.15 Å². The molecule has 76 valence electrons. The van der Waals surface area contributed by atoms with E-state index in [4.69, 9.17) is 11.6 Å². The quantitative estimate of drug-likeness (QED) is 0.615. The van der Waals surface area contributed by atoms with Crippen molar-refractivity contribution in [2.45, 2.75) is 19.8 Å². The number of unbranched alkanes of at least 4 members (excludes halogenated alkanes) is 1. The predicted molar refractivity (Wildman–Crippen MR) is 56.5 cm³/mol. The molecule has 0 unspecified atom stereocenters. The minimum atomic E-state index is -0.0948. The summed E-state index contributed by atoms with van der Waals surface area (Å²) in [5, 5.41) is 3.20. The second-order valence-corrected chi connectivity index (χ2v) is 3.37. The molecule has 14 heavy (non-hydrogen) atoms. The molecule has 0 aromatic carbocycles. The van der Waals surface area contributed by atoms with Gasteiger partial charge in [-0.2, -0.15) is 0 Å². The molecule has 1 aromatic rings. The van der Waals surface area contributed by atoms with Gasteiger partial charge in [0.05, 0.1) is 5.56 Å². The Morgan fingerprint density at radius 2 is 2.36 bits per heavy atom. The summed E-state index contributed by atoms with van der Waals surface area (Å²) in [6.07, 6.45) is 3.54. The van der Waals surface area contributed by atoms with Crippen LogP contribution in [0.4, 0.5) is 0 Å². The van der Waals surface area contributed by atoms with Gasteiger partial charge in [-0.3, -0.25) is 4.79 Å². The van der Waals surface area contributed by atoms with Crippen LogP contribution in [0.1, 0.15) is 30.1 Å². The summed E-state index contributed by atoms with van der Waals surface area (Å²) in [6.45, 7) is 2.79. The molecule has 0 radical (unpaired) electrons. The number of amides is 1. The van der Waals surface area contributed by atoms with Crippen LogP contribution in [0.5, 0.6) is 0 Å². The molecule has 0 atom stereocenters. The fourth-order valence-electron chi connectivity index (χ4n) is 0.991. The first-order valence-corrected chi connectivity index (χ1v) is 5.01. The third-order valence-corrected chi connectivity index (χ3v) is 2.03. The van der Waals surface area contributed by atoms with Gasteiger partial charge in [-0.05, 0) is 18.6 Å². The van der Waals surface area contributed by atoms with Crippen LogP contribution in [-0.2, 0) is 0 Å². The van der Waals surface area contributed by atoms with E-state index in [9.17, 15) is 4.79 Å². The molecular weight excluding hydrogens is 200 g/mol. The molecule has 0 aliphatic rings. The number of aromatic nitrogens is 1. The van der Waals surface area contributed by atoms with E-state index in [0.29, 0.717) is 17.3 Å². The highest BCUT2D eigenvalue weighted by molar-refractivity contribution is 6.29. The van der Waals surface area contributed by atoms with E-state index in [0.717, 1.165) is 12.8 Å². The van der Waals surface area contributed by atoms with Crippen molar-refractivity contribution in [3.05, 3.63) is 29.0 Å². The fraction of sp³-hybridized carbons (Fsp3) is 0.400. The Morgan fingerprint density at radius 1 is 1.57 bits per heavy atom. The highest BCUT2D eigenvalue weighted by Crippen LogP contribution is 2.04. The van der Waals surface area contributed by atoms with Crippen LogP contribution in [-0.4, -0.2) is 17.4 Å². The van der Waals surface area contributed by atoms with Gasteiger partial charge in [-0.25, -0.2) is 4.98 Å². The molecule has 0 saturated heterocycles. The second-order valence-electron chi connectivity index (χ2n) is 2.98. The van der Waals surface area contributed by atoms with Crippen LogP contribution in [0, 0.1) is 0 Å². The van der Waals surface area contributed by atoms with E-state index in [1.54, 1.807) is 12.1 Å². The SMILES string of the molecule is CCCCNC(=O)c1ccc(Cl)nc1. The lowest BCUT2D eigenvalue weighted by atomic mass is 10.2. The van der Waals surface area contributed by atoms with Crippen molar-refractivity contribution in [3.8, 4) is 0 Å². The van der Waals surface area contributed by atoms with Gasteiger partial charge in [0.25, 0.3) is 5.91 Å². The van der Waals surface area contributed by atoms with Crippen LogP contribution in [0.3, 0.4) is 0 Å². The summed E-state index contributed by atoms with van der Waals surface area (Å²) in [6, 6.07) is 3.27. The number of carbonyl (C=O) groups excluding carboxylic acids is 1. The maximum Gasteiger partial charge on any atom is 0.252 e. The van der Waals surface area contributed by atoms with Crippen LogP contribution in [0.25, 0.3) is 0 Å². The maximum absolute atomic E-state index is 11.4. The number of carbonyl (C=O) groups is 1. The summed E-state index contributed by atoms with van der Waals surface area (Å²) in [5.74, 6) is -0.0948. The smallest absolute Gasteiger partial charge is 0.252 e. The monoisotopic (exact) mass is 212 g/mol. The van der Waals surface area contributed by atoms with E-state index in [2.05, 4.69) is 17.2 Å². The summed E-state index contributed by atoms with van der Waals surface area (Å²) >= 11 is 5.60. The van der Waals surface area contributed by atoms with E-state index in [-0.39, 0.29) is 5.91 Å². The largest absolute Gasteiger partial charge is 0.352 e. The second kappa shape index (κ2) is 5.60. The van der Waals surface area contributed by atoms with Crippen molar-refractivity contribution in [2.24, 2.45) is 0 Å². The zero-order chi connectivity index (χ0) is 10.4. The number of nitrogens with one attached hydrogen (secondary N) is 1. The van der Waals surface area contributed by atoms with Crippen molar-refractivity contribution in [1.29, 1.82) is 0 Å². The number of pyridine rings is 1. The predicted octanol–water partition coefficient (Wildman–Crippen LogP) is 2.26. The Hall–Kier alpha value is -1.09. The molecule has 1 aromatic heterocycles. The maximum atomic E-state index is 11.4. The van der Waals surface area contributed by atoms with Crippen molar-refractivity contribution in [3.63, 3.8) is 0 Å². The molecule has 1 heterocycles. The highest BCUT2D eigenvalue weighted by atomic mass is 35.5. The molecule has 1 amide bonds. The molecular formula is C10H13ClN2O. The van der Waals surface area contributed by atoms with E-state index in [1.165, 1.54) is 6.20 Å². The van der Waals surface area contributed by atoms with Crippen molar-refractivity contribution in [1.82, 2.24) is 10.3 Å². The molecule has 0 aliphatic heterocycles. The Kier molecular flexibility index (Phi) is 4.40. The standard InChI is InChI=1S/C10H13ClN2O/c1-2-3-6-12-10(14)8-4-5-9(11)13-7-8/h4-5,7H,2-3,6H2,1H3,(H,12,14). The average Bonchev–Trinajstić information content (AvgIpc) is 2.19. The zero-order valence-corrected chi connectivity index (χ0v) is 8.84. The third-order valence-electron chi connectivity index (χ3n) is 1.81. The fourth-order valence-corrected chi connectivity index (χ4v) is 1.10. The van der Waals surface area contributed by atoms with Crippen LogP contribution in [0.15, 0.2) is 18.3 Å². The van der Waals surface area contributed by atoms with E-state index in [1.807, 2.05) is 0 Å². The number of hydrogen-bond donors (Lipinski definition) is 1. The van der Waals surface area contributed by atoms with Crippen LogP contribution < -0.4 is 5.32 Å². The van der Waals surface area contributed by atoms with Gasteiger partial charge in [-0.1, -0.05) is 24.9 Å². The molecule has 1 N–H and O–H groups in total. The van der Waals surface area contributed by atoms with Gasteiger partial charge in [0, 0.05) is 12.7 Å². The first-order chi connectivity index (χ1) is 6.74. The van der Waals surface area contributed by atoms with Crippen LogP contribution in [0.2, 0.25) is 5.15 Å². The van der Waals surface area contributed by atoms with Gasteiger partial charge >= 0.3 is 0 Å². The molecule has 0 aliphatic carbocycles. The van der Waals surface area contributed by atoms with Crippen LogP contribution >= 0.6 is 11.6 Å². The topological polar surface area (TPSA) is 42.0 Å². The van der Waals surface area contributed by atoms with Crippen molar-refractivity contribution in [2.75, 3.05) is 6.54 Å². The Bertz CT molecular complexity index is 297. The van der Waals surface area contributed by atoms with Crippen molar-refractivity contribution < 1.29 is 4.79 Å². The number of nitrogens with zero attached hydrogens (tertiary/aromatic N) is 1. The molecule has 4 heteroatoms. The van der Waals surface area contributed by atoms with Gasteiger partial charge in [-0.15, -0.1) is 0 Å². The molecule has 0 bridgehead atoms. The number of halogens is 1. The normalized spacial score (nSPS) is 9.86. The first-order valence-electron chi connectivity index (χ1n) is 4.63. The molecule has 3 nitrogen and oxygen atoms in total. The van der Waals surface area contributed by atoms with Gasteiger partial charge in [0.15, 0.2) is 0 Å². The Balaban J connectivity index is 2.48. The zero-order valence-electron chi connectivity index (χ0n) is 8.09.